The molecule has 0 aliphatic rings. The van der Waals surface area contributed by atoms with Crippen molar-refractivity contribution in [3.05, 3.63) is 33.7 Å². The zero-order valence-corrected chi connectivity index (χ0v) is 15.3. The molecule has 0 spiro atoms. The van der Waals surface area contributed by atoms with Gasteiger partial charge in [-0.1, -0.05) is 0 Å². The van der Waals surface area contributed by atoms with Gasteiger partial charge in [0.15, 0.2) is 17.1 Å². The lowest BCUT2D eigenvalue weighted by atomic mass is 9.98. The molecule has 0 aliphatic carbocycles. The molecule has 2 rings (SSSR count). The molecule has 0 saturated carbocycles. The summed E-state index contributed by atoms with van der Waals surface area (Å²) in [5.74, 6) is -0.201. The van der Waals surface area contributed by atoms with Crippen molar-refractivity contribution >= 4 is 16.9 Å². The summed E-state index contributed by atoms with van der Waals surface area (Å²) in [6.45, 7) is 1.62. The lowest BCUT2D eigenvalue weighted by Crippen LogP contribution is -2.27. The second-order valence-electron chi connectivity index (χ2n) is 5.64. The van der Waals surface area contributed by atoms with Crippen LogP contribution in [0.1, 0.15) is 23.8 Å². The van der Waals surface area contributed by atoms with Gasteiger partial charge in [-0.25, -0.2) is 4.79 Å². The molecule has 1 aromatic heterocycles. The van der Waals surface area contributed by atoms with Gasteiger partial charge in [-0.3, -0.25) is 4.79 Å². The van der Waals surface area contributed by atoms with Crippen LogP contribution in [0.2, 0.25) is 0 Å². The van der Waals surface area contributed by atoms with Crippen molar-refractivity contribution in [3.63, 3.8) is 0 Å². The molecule has 0 saturated heterocycles. The molecule has 0 bridgehead atoms. The second-order valence-corrected chi connectivity index (χ2v) is 5.64. The average molecular weight is 366 g/mol. The Morgan fingerprint density at radius 2 is 1.88 bits per heavy atom. The first-order chi connectivity index (χ1) is 12.4. The maximum atomic E-state index is 12.3. The molecule has 26 heavy (non-hydrogen) atoms. The molecule has 1 aromatic carbocycles. The number of carbonyl (C=O) groups is 1. The lowest BCUT2D eigenvalue weighted by molar-refractivity contribution is -0.154. The fourth-order valence-electron chi connectivity index (χ4n) is 2.85. The van der Waals surface area contributed by atoms with E-state index >= 15 is 0 Å². The summed E-state index contributed by atoms with van der Waals surface area (Å²) in [5.41, 5.74) is 0.143. The minimum absolute atomic E-state index is 0.0143. The minimum Gasteiger partial charge on any atom is -0.507 e. The summed E-state index contributed by atoms with van der Waals surface area (Å²) in [6.07, 6.45) is -1.52. The maximum absolute atomic E-state index is 12.3. The van der Waals surface area contributed by atoms with Crippen LogP contribution in [-0.2, 0) is 19.0 Å². The van der Waals surface area contributed by atoms with Crippen LogP contribution in [0.15, 0.2) is 21.3 Å². The molecule has 0 amide bonds. The van der Waals surface area contributed by atoms with E-state index in [9.17, 15) is 14.7 Å². The van der Waals surface area contributed by atoms with Crippen LogP contribution in [0.5, 0.6) is 11.5 Å². The summed E-state index contributed by atoms with van der Waals surface area (Å²) < 4.78 is 26.5. The number of aromatic hydroxyl groups is 1. The molecule has 142 valence electrons. The highest BCUT2D eigenvalue weighted by atomic mass is 16.6. The molecule has 0 aliphatic heterocycles. The maximum Gasteiger partial charge on any atom is 0.335 e. The number of phenols is 1. The monoisotopic (exact) mass is 366 g/mol. The number of methoxy groups -OCH3 is 4. The average Bonchev–Trinajstić information content (AvgIpc) is 2.62. The first kappa shape index (κ1) is 19.7. The highest BCUT2D eigenvalue weighted by Gasteiger charge is 2.30. The molecule has 8 nitrogen and oxygen atoms in total. The van der Waals surface area contributed by atoms with Crippen molar-refractivity contribution < 1.29 is 33.3 Å². The molecule has 0 fully saturated rings. The van der Waals surface area contributed by atoms with E-state index in [0.29, 0.717) is 11.3 Å². The first-order valence-corrected chi connectivity index (χ1v) is 7.85. The van der Waals surface area contributed by atoms with E-state index in [-0.39, 0.29) is 28.9 Å². The summed E-state index contributed by atoms with van der Waals surface area (Å²) in [5, 5.41) is 10.2. The smallest absolute Gasteiger partial charge is 0.335 e. The number of fused-ring (bicyclic) bond motifs is 1. The van der Waals surface area contributed by atoms with Crippen molar-refractivity contribution in [2.24, 2.45) is 0 Å². The molecule has 0 radical (unpaired) electrons. The highest BCUT2D eigenvalue weighted by Crippen LogP contribution is 2.40. The second kappa shape index (κ2) is 8.20. The number of ether oxygens (including phenoxy) is 4. The zero-order valence-electron chi connectivity index (χ0n) is 15.3. The van der Waals surface area contributed by atoms with E-state index in [0.717, 1.165) is 0 Å². The zero-order chi connectivity index (χ0) is 19.4. The number of hydrogen-bond donors (Lipinski definition) is 1. The van der Waals surface area contributed by atoms with E-state index in [1.165, 1.54) is 40.6 Å². The van der Waals surface area contributed by atoms with Crippen LogP contribution < -0.4 is 10.2 Å². The van der Waals surface area contributed by atoms with Gasteiger partial charge >= 0.3 is 5.97 Å². The number of carbonyl (C=O) groups excluding carboxylic acids is 1. The van der Waals surface area contributed by atoms with Gasteiger partial charge < -0.3 is 28.5 Å². The van der Waals surface area contributed by atoms with Crippen molar-refractivity contribution in [2.45, 2.75) is 25.6 Å². The van der Waals surface area contributed by atoms with Gasteiger partial charge in [0, 0.05) is 32.8 Å². The van der Waals surface area contributed by atoms with Gasteiger partial charge in [0.05, 0.1) is 25.9 Å². The third-order valence-electron chi connectivity index (χ3n) is 4.11. The number of aryl methyl sites for hydroxylation is 1. The Bertz CT molecular complexity index is 854. The Balaban J connectivity index is 2.70. The van der Waals surface area contributed by atoms with Crippen LogP contribution in [-0.4, -0.2) is 45.6 Å². The Morgan fingerprint density at radius 1 is 1.19 bits per heavy atom. The van der Waals surface area contributed by atoms with Gasteiger partial charge in [0.1, 0.15) is 22.6 Å². The van der Waals surface area contributed by atoms with E-state index < -0.39 is 23.6 Å². The van der Waals surface area contributed by atoms with Crippen molar-refractivity contribution in [1.29, 1.82) is 0 Å². The van der Waals surface area contributed by atoms with E-state index in [2.05, 4.69) is 0 Å². The molecular formula is C18H22O8. The third kappa shape index (κ3) is 3.66. The summed E-state index contributed by atoms with van der Waals surface area (Å²) in [6, 6.07) is 2.60. The molecular weight excluding hydrogens is 344 g/mol. The Morgan fingerprint density at radius 3 is 2.42 bits per heavy atom. The SMILES string of the molecule is COC(=O)C(CC(OC)c1c(OC)cc(O)c2c(=O)cc(C)oc12)OC. The number of benzene rings is 1. The molecule has 2 atom stereocenters. The van der Waals surface area contributed by atoms with Crippen LogP contribution in [0, 0.1) is 6.92 Å². The van der Waals surface area contributed by atoms with Gasteiger partial charge in [0.25, 0.3) is 0 Å². The topological polar surface area (TPSA) is 104 Å². The van der Waals surface area contributed by atoms with Crippen molar-refractivity contribution in [1.82, 2.24) is 0 Å². The van der Waals surface area contributed by atoms with Gasteiger partial charge in [-0.2, -0.15) is 0 Å². The number of phenolic OH excluding ortho intramolecular Hbond substituents is 1. The Kier molecular flexibility index (Phi) is 6.23. The fourth-order valence-corrected chi connectivity index (χ4v) is 2.85. The highest BCUT2D eigenvalue weighted by molar-refractivity contribution is 5.88. The number of esters is 1. The first-order valence-electron chi connectivity index (χ1n) is 7.85. The minimum atomic E-state index is -0.893. The predicted octanol–water partition coefficient (Wildman–Crippen LogP) is 2.08. The number of rotatable bonds is 7. The largest absolute Gasteiger partial charge is 0.507 e. The number of hydrogen-bond acceptors (Lipinski definition) is 8. The third-order valence-corrected chi connectivity index (χ3v) is 4.11. The van der Waals surface area contributed by atoms with Crippen LogP contribution in [0.3, 0.4) is 0 Å². The molecule has 1 N–H and O–H groups in total. The quantitative estimate of drug-likeness (QED) is 0.743. The summed E-state index contributed by atoms with van der Waals surface area (Å²) in [4.78, 5) is 24.2. The molecule has 1 heterocycles. The van der Waals surface area contributed by atoms with Gasteiger partial charge in [-0.05, 0) is 6.92 Å². The van der Waals surface area contributed by atoms with Gasteiger partial charge in [0.2, 0.25) is 0 Å². The van der Waals surface area contributed by atoms with Crippen LogP contribution >= 0.6 is 0 Å². The summed E-state index contributed by atoms with van der Waals surface area (Å²) in [7, 11) is 5.50. The van der Waals surface area contributed by atoms with Crippen molar-refractivity contribution in [3.8, 4) is 11.5 Å². The Labute approximate surface area is 150 Å². The summed E-state index contributed by atoms with van der Waals surface area (Å²) >= 11 is 0. The van der Waals surface area contributed by atoms with Crippen LogP contribution in [0.4, 0.5) is 0 Å². The van der Waals surface area contributed by atoms with E-state index in [1.54, 1.807) is 6.92 Å². The predicted molar refractivity (Wildman–Crippen MR) is 92.6 cm³/mol. The standard InChI is InChI=1S/C18H22O8/c1-9-6-10(19)15-11(20)7-12(22-2)16(17(15)26-9)13(23-3)8-14(24-4)18(21)25-5/h6-7,13-14,20H,8H2,1-5H3. The van der Waals surface area contributed by atoms with Crippen molar-refractivity contribution in [2.75, 3.05) is 28.4 Å². The molecule has 8 heteroatoms. The molecule has 2 unspecified atom stereocenters. The lowest BCUT2D eigenvalue weighted by Gasteiger charge is -2.23. The fraction of sp³-hybridized carbons (Fsp3) is 0.444. The van der Waals surface area contributed by atoms with E-state index in [4.69, 9.17) is 23.4 Å². The van der Waals surface area contributed by atoms with E-state index in [1.807, 2.05) is 0 Å². The van der Waals surface area contributed by atoms with Gasteiger partial charge in [-0.15, -0.1) is 0 Å². The normalized spacial score (nSPS) is 13.4. The Hall–Kier alpha value is -2.58. The van der Waals surface area contributed by atoms with Crippen LogP contribution in [0.25, 0.3) is 11.0 Å². The molecule has 2 aromatic rings.